The van der Waals surface area contributed by atoms with Gasteiger partial charge in [-0.2, -0.15) is 0 Å². The highest BCUT2D eigenvalue weighted by Gasteiger charge is 2.40. The number of anilines is 3. The van der Waals surface area contributed by atoms with Crippen LogP contribution in [0.1, 0.15) is 74.9 Å². The molecule has 0 spiro atoms. The van der Waals surface area contributed by atoms with E-state index in [1.165, 1.54) is 100 Å². The summed E-state index contributed by atoms with van der Waals surface area (Å²) in [5, 5.41) is 0. The average Bonchev–Trinajstić information content (AvgIpc) is 3.81. The van der Waals surface area contributed by atoms with Crippen molar-refractivity contribution in [3.63, 3.8) is 0 Å². The molecule has 0 atom stereocenters. The molecule has 0 unspecified atom stereocenters. The van der Waals surface area contributed by atoms with E-state index in [0.29, 0.717) is 0 Å². The Morgan fingerprint density at radius 1 is 0.266 bits per heavy atom. The fourth-order valence-corrected chi connectivity index (χ4v) is 11.8. The molecule has 9 aromatic rings. The zero-order chi connectivity index (χ0) is 43.5. The smallest absolute Gasteiger partial charge is 0.0546 e. The molecular formula is C63H51N. The van der Waals surface area contributed by atoms with Crippen LogP contribution in [0.4, 0.5) is 17.1 Å². The molecule has 0 saturated heterocycles. The summed E-state index contributed by atoms with van der Waals surface area (Å²) in [4.78, 5) is 2.57. The van der Waals surface area contributed by atoms with E-state index in [9.17, 15) is 0 Å². The first-order valence-electron chi connectivity index (χ1n) is 22.8. The van der Waals surface area contributed by atoms with E-state index in [0.717, 1.165) is 17.1 Å². The number of hydrogen-bond donors (Lipinski definition) is 0. The van der Waals surface area contributed by atoms with Crippen molar-refractivity contribution in [2.45, 2.75) is 57.8 Å². The van der Waals surface area contributed by atoms with Crippen LogP contribution >= 0.6 is 0 Å². The topological polar surface area (TPSA) is 3.24 Å². The molecule has 0 amide bonds. The van der Waals surface area contributed by atoms with E-state index in [1.54, 1.807) is 0 Å². The standard InChI is InChI=1S/C63H51N/c1-61(2)54-27-15-12-22-50(54)59-51(24-16-28-55(59)61)60-45(42-32-30-41(31-33-42)40-18-8-7-9-19-40)23-17-29-58(60)64(43-34-36-48-46-20-10-13-25-52(46)62(3,4)56(48)38-43)44-35-37-49-47-21-11-14-26-53(47)63(5,6)57(49)39-44/h7-39H,1-6H3. The third-order valence-electron chi connectivity index (χ3n) is 15.1. The highest BCUT2D eigenvalue weighted by Crippen LogP contribution is 2.58. The Morgan fingerprint density at radius 2 is 0.672 bits per heavy atom. The summed E-state index contributed by atoms with van der Waals surface area (Å²) in [6, 6.07) is 75.4. The maximum atomic E-state index is 2.57. The minimum Gasteiger partial charge on any atom is -0.310 e. The van der Waals surface area contributed by atoms with Gasteiger partial charge in [0, 0.05) is 33.2 Å². The Hall–Kier alpha value is -7.22. The van der Waals surface area contributed by atoms with Crippen LogP contribution in [0.3, 0.4) is 0 Å². The number of hydrogen-bond acceptors (Lipinski definition) is 1. The zero-order valence-electron chi connectivity index (χ0n) is 37.5. The molecule has 0 radical (unpaired) electrons. The van der Waals surface area contributed by atoms with Gasteiger partial charge >= 0.3 is 0 Å². The maximum absolute atomic E-state index is 2.57. The lowest BCUT2D eigenvalue weighted by molar-refractivity contribution is 0.660. The van der Waals surface area contributed by atoms with E-state index >= 15 is 0 Å². The Morgan fingerprint density at radius 3 is 1.27 bits per heavy atom. The van der Waals surface area contributed by atoms with E-state index < -0.39 is 0 Å². The van der Waals surface area contributed by atoms with Crippen molar-refractivity contribution < 1.29 is 0 Å². The van der Waals surface area contributed by atoms with Gasteiger partial charge in [0.25, 0.3) is 0 Å². The first-order valence-corrected chi connectivity index (χ1v) is 22.8. The number of benzene rings is 9. The van der Waals surface area contributed by atoms with Crippen LogP contribution in [0.5, 0.6) is 0 Å². The number of rotatable bonds is 6. The lowest BCUT2D eigenvalue weighted by atomic mass is 9.81. The van der Waals surface area contributed by atoms with Gasteiger partial charge in [-0.05, 0) is 125 Å². The van der Waals surface area contributed by atoms with Gasteiger partial charge in [-0.3, -0.25) is 0 Å². The molecule has 0 heterocycles. The molecule has 3 aliphatic carbocycles. The highest BCUT2D eigenvalue weighted by atomic mass is 15.1. The Labute approximate surface area is 378 Å². The third-order valence-corrected chi connectivity index (χ3v) is 15.1. The van der Waals surface area contributed by atoms with E-state index in [2.05, 4.69) is 247 Å². The zero-order valence-corrected chi connectivity index (χ0v) is 37.5. The summed E-state index contributed by atoms with van der Waals surface area (Å²) in [7, 11) is 0. The minimum absolute atomic E-state index is 0.144. The van der Waals surface area contributed by atoms with Crippen molar-refractivity contribution in [1.29, 1.82) is 0 Å². The molecule has 0 saturated carbocycles. The van der Waals surface area contributed by atoms with E-state index in [1.807, 2.05) is 0 Å². The Balaban J connectivity index is 1.15. The van der Waals surface area contributed by atoms with Crippen molar-refractivity contribution in [2.75, 3.05) is 4.90 Å². The van der Waals surface area contributed by atoms with Gasteiger partial charge in [0.2, 0.25) is 0 Å². The molecular weight excluding hydrogens is 771 g/mol. The maximum Gasteiger partial charge on any atom is 0.0546 e. The van der Waals surface area contributed by atoms with Gasteiger partial charge in [-0.25, -0.2) is 0 Å². The van der Waals surface area contributed by atoms with E-state index in [-0.39, 0.29) is 16.2 Å². The molecule has 0 aromatic heterocycles. The highest BCUT2D eigenvalue weighted by molar-refractivity contribution is 6.04. The molecule has 1 nitrogen and oxygen atoms in total. The predicted molar refractivity (Wildman–Crippen MR) is 270 cm³/mol. The SMILES string of the molecule is CC1(C)c2ccccc2-c2ccc(N(c3ccc4c(c3)C(C)(C)c3ccccc3-4)c3cccc(-c4ccc(-c5ccccc5)cc4)c3-c3cccc4c3-c3ccccc3C4(C)C)cc21. The first kappa shape index (κ1) is 38.5. The fourth-order valence-electron chi connectivity index (χ4n) is 11.8. The van der Waals surface area contributed by atoms with E-state index in [4.69, 9.17) is 0 Å². The van der Waals surface area contributed by atoms with Gasteiger partial charge in [0.1, 0.15) is 0 Å². The fraction of sp³-hybridized carbons (Fsp3) is 0.143. The Kier molecular flexibility index (Phi) is 8.35. The van der Waals surface area contributed by atoms with Crippen molar-refractivity contribution in [2.24, 2.45) is 0 Å². The molecule has 0 fully saturated rings. The summed E-state index contributed by atoms with van der Waals surface area (Å²) < 4.78 is 0. The van der Waals surface area contributed by atoms with Gasteiger partial charge in [0.05, 0.1) is 5.69 Å². The predicted octanol–water partition coefficient (Wildman–Crippen LogP) is 17.1. The molecule has 0 aliphatic heterocycles. The quantitative estimate of drug-likeness (QED) is 0.161. The summed E-state index contributed by atoms with van der Waals surface area (Å²) in [5.41, 5.74) is 26.5. The molecule has 9 aromatic carbocycles. The van der Waals surface area contributed by atoms with Crippen LogP contribution in [-0.2, 0) is 16.2 Å². The average molecular weight is 822 g/mol. The lowest BCUT2D eigenvalue weighted by Gasteiger charge is -2.32. The lowest BCUT2D eigenvalue weighted by Crippen LogP contribution is -2.18. The Bertz CT molecular complexity index is 3240. The van der Waals surface area contributed by atoms with Gasteiger partial charge < -0.3 is 4.90 Å². The molecule has 3 aliphatic rings. The molecule has 308 valence electrons. The summed E-state index contributed by atoms with van der Waals surface area (Å²) in [6.07, 6.45) is 0. The second-order valence-electron chi connectivity index (χ2n) is 19.7. The molecule has 1 heteroatoms. The van der Waals surface area contributed by atoms with Crippen molar-refractivity contribution in [1.82, 2.24) is 0 Å². The summed E-state index contributed by atoms with van der Waals surface area (Å²) >= 11 is 0. The summed E-state index contributed by atoms with van der Waals surface area (Å²) in [5.74, 6) is 0. The number of nitrogens with zero attached hydrogens (tertiary/aromatic N) is 1. The van der Waals surface area contributed by atoms with Crippen LogP contribution in [0, 0.1) is 0 Å². The van der Waals surface area contributed by atoms with Crippen molar-refractivity contribution in [3.05, 3.63) is 234 Å². The normalized spacial score (nSPS) is 15.1. The molecule has 0 N–H and O–H groups in total. The third kappa shape index (κ3) is 5.50. The molecule has 12 rings (SSSR count). The van der Waals surface area contributed by atoms with Crippen molar-refractivity contribution in [3.8, 4) is 66.8 Å². The second kappa shape index (κ2) is 13.9. The molecule has 0 bridgehead atoms. The minimum atomic E-state index is -0.157. The van der Waals surface area contributed by atoms with Gasteiger partial charge in [-0.1, -0.05) is 211 Å². The second-order valence-corrected chi connectivity index (χ2v) is 19.7. The van der Waals surface area contributed by atoms with Gasteiger partial charge in [-0.15, -0.1) is 0 Å². The van der Waals surface area contributed by atoms with Crippen molar-refractivity contribution >= 4 is 17.1 Å². The van der Waals surface area contributed by atoms with Crippen LogP contribution in [-0.4, -0.2) is 0 Å². The van der Waals surface area contributed by atoms with Crippen LogP contribution in [0.2, 0.25) is 0 Å². The van der Waals surface area contributed by atoms with Crippen LogP contribution < -0.4 is 4.90 Å². The molecule has 64 heavy (non-hydrogen) atoms. The van der Waals surface area contributed by atoms with Crippen LogP contribution in [0.25, 0.3) is 66.8 Å². The van der Waals surface area contributed by atoms with Crippen LogP contribution in [0.15, 0.2) is 200 Å². The van der Waals surface area contributed by atoms with Gasteiger partial charge in [0.15, 0.2) is 0 Å². The largest absolute Gasteiger partial charge is 0.310 e. The summed E-state index contributed by atoms with van der Waals surface area (Å²) in [6.45, 7) is 14.3. The first-order chi connectivity index (χ1) is 31.0. The number of fused-ring (bicyclic) bond motifs is 9. The monoisotopic (exact) mass is 821 g/mol.